The topological polar surface area (TPSA) is 38.3 Å². The number of carbonyl (C=O) groups excluding carboxylic acids is 1. The molecule has 2 unspecified atom stereocenters. The zero-order chi connectivity index (χ0) is 9.68. The van der Waals surface area contributed by atoms with Gasteiger partial charge in [-0.1, -0.05) is 13.0 Å². The Kier molecular flexibility index (Phi) is 3.96. The number of nitrogens with one attached hydrogen (secondary N) is 1. The molecule has 0 amide bonds. The highest BCUT2D eigenvalue weighted by Crippen LogP contribution is 2.28. The minimum absolute atomic E-state index is 0.256. The van der Waals surface area contributed by atoms with Crippen LogP contribution in [-0.2, 0) is 9.53 Å². The van der Waals surface area contributed by atoms with Crippen molar-refractivity contribution in [3.8, 4) is 0 Å². The molecule has 0 aliphatic heterocycles. The van der Waals surface area contributed by atoms with Crippen molar-refractivity contribution < 1.29 is 9.53 Å². The molecule has 3 heteroatoms. The number of carbonyl (C=O) groups is 1. The maximum Gasteiger partial charge on any atom is 0.330 e. The van der Waals surface area contributed by atoms with Gasteiger partial charge < -0.3 is 10.1 Å². The van der Waals surface area contributed by atoms with E-state index < -0.39 is 0 Å². The van der Waals surface area contributed by atoms with E-state index in [9.17, 15) is 4.79 Å². The Labute approximate surface area is 79.2 Å². The van der Waals surface area contributed by atoms with Gasteiger partial charge in [0.15, 0.2) is 0 Å². The molecule has 1 aliphatic carbocycles. The fraction of sp³-hybridized carbons (Fsp3) is 0.700. The first-order chi connectivity index (χ1) is 6.24. The molecule has 1 aliphatic rings. The van der Waals surface area contributed by atoms with E-state index in [1.54, 1.807) is 6.92 Å². The van der Waals surface area contributed by atoms with Crippen LogP contribution in [0.25, 0.3) is 0 Å². The van der Waals surface area contributed by atoms with Crippen molar-refractivity contribution >= 4 is 5.97 Å². The van der Waals surface area contributed by atoms with Crippen molar-refractivity contribution in [1.82, 2.24) is 5.32 Å². The van der Waals surface area contributed by atoms with E-state index in [0.717, 1.165) is 12.5 Å². The zero-order valence-corrected chi connectivity index (χ0v) is 8.25. The number of hydrogen-bond donors (Lipinski definition) is 1. The van der Waals surface area contributed by atoms with E-state index in [0.29, 0.717) is 12.6 Å². The van der Waals surface area contributed by atoms with E-state index >= 15 is 0 Å². The van der Waals surface area contributed by atoms with E-state index in [2.05, 4.69) is 12.2 Å². The second-order valence-corrected chi connectivity index (χ2v) is 3.38. The van der Waals surface area contributed by atoms with Gasteiger partial charge in [-0.15, -0.1) is 0 Å². The number of rotatable bonds is 5. The summed E-state index contributed by atoms with van der Waals surface area (Å²) < 4.78 is 4.73. The molecule has 0 aromatic rings. The van der Waals surface area contributed by atoms with Gasteiger partial charge in [-0.05, 0) is 19.3 Å². The van der Waals surface area contributed by atoms with Crippen LogP contribution in [0.3, 0.4) is 0 Å². The molecule has 3 nitrogen and oxygen atoms in total. The molecule has 0 aromatic heterocycles. The van der Waals surface area contributed by atoms with Gasteiger partial charge >= 0.3 is 5.97 Å². The van der Waals surface area contributed by atoms with Crippen molar-refractivity contribution in [1.29, 1.82) is 0 Å². The van der Waals surface area contributed by atoms with Crippen molar-refractivity contribution in [2.24, 2.45) is 5.92 Å². The van der Waals surface area contributed by atoms with Gasteiger partial charge in [-0.3, -0.25) is 0 Å². The molecule has 74 valence electrons. The average molecular weight is 183 g/mol. The summed E-state index contributed by atoms with van der Waals surface area (Å²) in [4.78, 5) is 10.8. The lowest BCUT2D eigenvalue weighted by atomic mass is 10.4. The Morgan fingerprint density at radius 3 is 2.92 bits per heavy atom. The first-order valence-corrected chi connectivity index (χ1v) is 4.80. The lowest BCUT2D eigenvalue weighted by Crippen LogP contribution is -2.17. The normalized spacial score (nSPS) is 26.3. The maximum absolute atomic E-state index is 10.8. The standard InChI is InChI=1S/C10H17NO2/c1-3-13-10(12)5-4-6-11-9-7-8(9)2/h4-5,8-9,11H,3,6-7H2,1-2H3/b5-4+. The summed E-state index contributed by atoms with van der Waals surface area (Å²) in [7, 11) is 0. The Morgan fingerprint density at radius 2 is 2.38 bits per heavy atom. The number of hydrogen-bond acceptors (Lipinski definition) is 3. The highest BCUT2D eigenvalue weighted by molar-refractivity contribution is 5.81. The molecule has 2 atom stereocenters. The second-order valence-electron chi connectivity index (χ2n) is 3.38. The molecule has 13 heavy (non-hydrogen) atoms. The largest absolute Gasteiger partial charge is 0.463 e. The molecule has 1 N–H and O–H groups in total. The summed E-state index contributed by atoms with van der Waals surface area (Å²) in [6.45, 7) is 5.21. The third kappa shape index (κ3) is 4.08. The minimum atomic E-state index is -0.256. The molecule has 1 fully saturated rings. The van der Waals surface area contributed by atoms with Gasteiger partial charge in [0.1, 0.15) is 0 Å². The van der Waals surface area contributed by atoms with Crippen LogP contribution in [-0.4, -0.2) is 25.2 Å². The molecular weight excluding hydrogens is 166 g/mol. The van der Waals surface area contributed by atoms with Gasteiger partial charge in [0, 0.05) is 18.7 Å². The number of esters is 1. The highest BCUT2D eigenvalue weighted by Gasteiger charge is 2.31. The van der Waals surface area contributed by atoms with Crippen LogP contribution in [0.5, 0.6) is 0 Å². The van der Waals surface area contributed by atoms with Crippen LogP contribution in [0.4, 0.5) is 0 Å². The van der Waals surface area contributed by atoms with Crippen molar-refractivity contribution in [3.05, 3.63) is 12.2 Å². The summed E-state index contributed by atoms with van der Waals surface area (Å²) in [6, 6.07) is 0.659. The smallest absolute Gasteiger partial charge is 0.330 e. The number of ether oxygens (including phenoxy) is 1. The van der Waals surface area contributed by atoms with Crippen LogP contribution in [0.2, 0.25) is 0 Å². The lowest BCUT2D eigenvalue weighted by Gasteiger charge is -1.97. The molecule has 1 rings (SSSR count). The average Bonchev–Trinajstić information content (AvgIpc) is 2.77. The van der Waals surface area contributed by atoms with Gasteiger partial charge in [0.05, 0.1) is 6.61 Å². The molecule has 0 radical (unpaired) electrons. The Hall–Kier alpha value is -0.830. The molecule has 0 heterocycles. The molecule has 0 saturated heterocycles. The Balaban J connectivity index is 2.01. The Morgan fingerprint density at radius 1 is 1.69 bits per heavy atom. The predicted octanol–water partition coefficient (Wildman–Crippen LogP) is 1.10. The molecule has 1 saturated carbocycles. The van der Waals surface area contributed by atoms with Crippen LogP contribution >= 0.6 is 0 Å². The monoisotopic (exact) mass is 183 g/mol. The molecule has 0 spiro atoms. The fourth-order valence-corrected chi connectivity index (χ4v) is 1.17. The molecule has 0 bridgehead atoms. The van der Waals surface area contributed by atoms with E-state index in [-0.39, 0.29) is 5.97 Å². The third-order valence-electron chi connectivity index (χ3n) is 2.15. The maximum atomic E-state index is 10.8. The van der Waals surface area contributed by atoms with Crippen molar-refractivity contribution in [2.45, 2.75) is 26.3 Å². The van der Waals surface area contributed by atoms with Crippen LogP contribution < -0.4 is 5.32 Å². The summed E-state index contributed by atoms with van der Waals surface area (Å²) in [5, 5.41) is 3.31. The summed E-state index contributed by atoms with van der Waals surface area (Å²) >= 11 is 0. The first kappa shape index (κ1) is 10.3. The van der Waals surface area contributed by atoms with E-state index in [4.69, 9.17) is 4.74 Å². The Bertz CT molecular complexity index is 201. The van der Waals surface area contributed by atoms with Gasteiger partial charge in [-0.2, -0.15) is 0 Å². The van der Waals surface area contributed by atoms with Crippen molar-refractivity contribution in [3.63, 3.8) is 0 Å². The molecular formula is C10H17NO2. The SMILES string of the molecule is CCOC(=O)/C=C/CNC1CC1C. The summed E-state index contributed by atoms with van der Waals surface area (Å²) in [5.41, 5.74) is 0. The van der Waals surface area contributed by atoms with E-state index in [1.165, 1.54) is 12.5 Å². The quantitative estimate of drug-likeness (QED) is 0.512. The second kappa shape index (κ2) is 5.02. The first-order valence-electron chi connectivity index (χ1n) is 4.80. The highest BCUT2D eigenvalue weighted by atomic mass is 16.5. The predicted molar refractivity (Wildman–Crippen MR) is 51.3 cm³/mol. The summed E-state index contributed by atoms with van der Waals surface area (Å²) in [5.74, 6) is 0.545. The fourth-order valence-electron chi connectivity index (χ4n) is 1.17. The lowest BCUT2D eigenvalue weighted by molar-refractivity contribution is -0.137. The van der Waals surface area contributed by atoms with Gasteiger partial charge in [0.2, 0.25) is 0 Å². The van der Waals surface area contributed by atoms with E-state index in [1.807, 2.05) is 6.08 Å². The minimum Gasteiger partial charge on any atom is -0.463 e. The van der Waals surface area contributed by atoms with Gasteiger partial charge in [0.25, 0.3) is 0 Å². The molecule has 0 aromatic carbocycles. The van der Waals surface area contributed by atoms with Gasteiger partial charge in [-0.25, -0.2) is 4.79 Å². The van der Waals surface area contributed by atoms with Crippen molar-refractivity contribution in [2.75, 3.05) is 13.2 Å². The zero-order valence-electron chi connectivity index (χ0n) is 8.25. The van der Waals surface area contributed by atoms with Crippen LogP contribution in [0.1, 0.15) is 20.3 Å². The van der Waals surface area contributed by atoms with Crippen LogP contribution in [0.15, 0.2) is 12.2 Å². The summed E-state index contributed by atoms with van der Waals surface area (Å²) in [6.07, 6.45) is 4.54. The third-order valence-corrected chi connectivity index (χ3v) is 2.15. The van der Waals surface area contributed by atoms with Crippen LogP contribution in [0, 0.1) is 5.92 Å².